The second-order valence-electron chi connectivity index (χ2n) is 26.4. The van der Waals surface area contributed by atoms with Crippen molar-refractivity contribution in [2.24, 2.45) is 34.0 Å². The number of fused-ring (bicyclic) bond motifs is 5. The molecule has 0 saturated carbocycles. The lowest BCUT2D eigenvalue weighted by Gasteiger charge is -2.46. The standard InChI is InChI=1S/C71H106BN3S/c1-26-31-32-33-43-73(44-36-39-59(50(6)7)55(13)69(20,21)30-5)53(11)46-62-61-49-75(57(29-4)38-34-40-67(14,15)16)58(47-60(51(8)9)54(12)52(10)27-2)48-72(61)66-64(74(62)45-35-37-56(28-3)68(17,18)19)63-65(76-66)71(24,25)42-41-70(63,22)23/h26,28-29,31-40,45,47-52,62H,3-4,11-12,27,30,41-44,46H2,1-2,5-10,13-25H3/b31-26-,33-32-,39-36-,40-34+,45-35+,56-37+,57-38+,59-55-,60-47-/i1D,26D,31D,32D,33D. The van der Waals surface area contributed by atoms with E-state index in [4.69, 9.17) is 18.6 Å². The first kappa shape index (κ1) is 56.0. The molecule has 3 aliphatic rings. The van der Waals surface area contributed by atoms with Gasteiger partial charge >= 0.3 is 0 Å². The number of rotatable bonds is 23. The molecule has 0 bridgehead atoms. The van der Waals surface area contributed by atoms with Gasteiger partial charge in [0.2, 0.25) is 0 Å². The van der Waals surface area contributed by atoms with Crippen molar-refractivity contribution in [3.8, 4) is 0 Å². The molecule has 1 aliphatic carbocycles. The van der Waals surface area contributed by atoms with Gasteiger partial charge in [-0.1, -0.05) is 236 Å². The average Bonchev–Trinajstić information content (AvgIpc) is 4.05. The summed E-state index contributed by atoms with van der Waals surface area (Å²) in [5, 5.41) is 0. The van der Waals surface area contributed by atoms with Crippen molar-refractivity contribution in [3.63, 3.8) is 0 Å². The normalized spacial score (nSPS) is 20.9. The van der Waals surface area contributed by atoms with Gasteiger partial charge in [0, 0.05) is 60.0 Å². The lowest BCUT2D eigenvalue weighted by molar-refractivity contribution is 0.339. The topological polar surface area (TPSA) is 9.72 Å². The summed E-state index contributed by atoms with van der Waals surface area (Å²) in [6.07, 6.45) is 31.0. The monoisotopic (exact) mass is 1050 g/mol. The molecule has 4 rings (SSSR count). The van der Waals surface area contributed by atoms with Crippen molar-refractivity contribution in [1.29, 1.82) is 0 Å². The van der Waals surface area contributed by atoms with Crippen molar-refractivity contribution >= 4 is 28.5 Å². The van der Waals surface area contributed by atoms with E-state index in [2.05, 4.69) is 233 Å². The van der Waals surface area contributed by atoms with Gasteiger partial charge in [-0.3, -0.25) is 0 Å². The summed E-state index contributed by atoms with van der Waals surface area (Å²) >= 11 is 1.98. The van der Waals surface area contributed by atoms with Crippen LogP contribution < -0.4 is 9.68 Å². The van der Waals surface area contributed by atoms with E-state index in [0.717, 1.165) is 53.9 Å². The fourth-order valence-corrected chi connectivity index (χ4v) is 12.3. The molecule has 0 N–H and O–H groups in total. The molecule has 76 heavy (non-hydrogen) atoms. The zero-order valence-electron chi connectivity index (χ0n) is 56.6. The molecule has 0 aromatic carbocycles. The Labute approximate surface area is 479 Å². The van der Waals surface area contributed by atoms with E-state index < -0.39 is 13.0 Å². The van der Waals surface area contributed by atoms with E-state index in [9.17, 15) is 1.37 Å². The molecular formula is C71H106BN3S. The minimum atomic E-state index is -0.432. The third-order valence-electron chi connectivity index (χ3n) is 16.5. The molecule has 1 aromatic heterocycles. The summed E-state index contributed by atoms with van der Waals surface area (Å²) in [4.78, 5) is 8.40. The highest BCUT2D eigenvalue weighted by Gasteiger charge is 2.49. The van der Waals surface area contributed by atoms with Crippen molar-refractivity contribution < 1.29 is 6.85 Å². The average molecular weight is 1050 g/mol. The highest BCUT2D eigenvalue weighted by atomic mass is 32.1. The molecule has 2 aliphatic heterocycles. The quantitative estimate of drug-likeness (QED) is 0.0799. The highest BCUT2D eigenvalue weighted by Crippen LogP contribution is 2.55. The Morgan fingerprint density at radius 2 is 1.59 bits per heavy atom. The Hall–Kier alpha value is -4.74. The Morgan fingerprint density at radius 1 is 0.921 bits per heavy atom. The number of hydrogen-bond donors (Lipinski definition) is 0. The fraction of sp³-hybridized carbons (Fsp3) is 0.521. The molecule has 2 unspecified atom stereocenters. The Morgan fingerprint density at radius 3 is 2.16 bits per heavy atom. The smallest absolute Gasteiger partial charge is 0.251 e. The lowest BCUT2D eigenvalue weighted by Crippen LogP contribution is -2.53. The van der Waals surface area contributed by atoms with Gasteiger partial charge in [0.25, 0.3) is 6.71 Å². The second kappa shape index (κ2) is 26.3. The molecule has 1 aromatic rings. The summed E-state index contributed by atoms with van der Waals surface area (Å²) in [5.41, 5.74) is 12.5. The van der Waals surface area contributed by atoms with Crippen LogP contribution in [0, 0.1) is 34.0 Å². The van der Waals surface area contributed by atoms with E-state index in [-0.39, 0.29) is 76.4 Å². The van der Waals surface area contributed by atoms with Gasteiger partial charge in [-0.25, -0.2) is 0 Å². The Kier molecular flexibility index (Phi) is 19.4. The van der Waals surface area contributed by atoms with Gasteiger partial charge in [-0.2, -0.15) is 11.3 Å². The molecule has 2 atom stereocenters. The Balaban J connectivity index is 2.27. The number of anilines is 1. The predicted molar refractivity (Wildman–Crippen MR) is 345 cm³/mol. The summed E-state index contributed by atoms with van der Waals surface area (Å²) in [6.45, 7) is 63.9. The maximum Gasteiger partial charge on any atom is 0.251 e. The number of allylic oxidation sites excluding steroid dienone is 17. The molecule has 0 fully saturated rings. The minimum absolute atomic E-state index is 0.000674. The number of thiophene rings is 1. The van der Waals surface area contributed by atoms with Crippen LogP contribution in [0.25, 0.3) is 0 Å². The van der Waals surface area contributed by atoms with Gasteiger partial charge in [-0.15, -0.1) is 0 Å². The van der Waals surface area contributed by atoms with Gasteiger partial charge in [-0.05, 0) is 136 Å². The first-order valence-electron chi connectivity index (χ1n) is 31.2. The van der Waals surface area contributed by atoms with E-state index >= 15 is 0 Å². The van der Waals surface area contributed by atoms with Crippen molar-refractivity contribution in [2.45, 2.75) is 194 Å². The molecule has 5 heteroatoms. The maximum absolute atomic E-state index is 9.38. The third-order valence-corrected chi connectivity index (χ3v) is 18.1. The molecule has 3 heterocycles. The van der Waals surface area contributed by atoms with Crippen LogP contribution in [0.5, 0.6) is 0 Å². The molecule has 414 valence electrons. The van der Waals surface area contributed by atoms with Crippen LogP contribution in [-0.2, 0) is 10.8 Å². The highest BCUT2D eigenvalue weighted by molar-refractivity contribution is 7.26. The van der Waals surface area contributed by atoms with Crippen LogP contribution in [-0.4, -0.2) is 35.6 Å². The molecular weight excluding hydrogens is 938 g/mol. The summed E-state index contributed by atoms with van der Waals surface area (Å²) < 4.78 is 44.5. The first-order chi connectivity index (χ1) is 37.4. The maximum atomic E-state index is 9.38. The predicted octanol–water partition coefficient (Wildman–Crippen LogP) is 20.0. The number of hydrogen-bond acceptors (Lipinski definition) is 4. The molecule has 0 spiro atoms. The van der Waals surface area contributed by atoms with Crippen molar-refractivity contribution in [3.05, 3.63) is 191 Å². The van der Waals surface area contributed by atoms with Crippen molar-refractivity contribution in [2.75, 3.05) is 18.0 Å². The van der Waals surface area contributed by atoms with Gasteiger partial charge in [0.15, 0.2) is 0 Å². The third kappa shape index (κ3) is 15.5. The van der Waals surface area contributed by atoms with Gasteiger partial charge in [0.1, 0.15) is 0 Å². The van der Waals surface area contributed by atoms with E-state index in [1.165, 1.54) is 43.1 Å². The second-order valence-corrected chi connectivity index (χ2v) is 27.5. The summed E-state index contributed by atoms with van der Waals surface area (Å²) in [6, 6.07) is -1.40. The first-order valence-corrected chi connectivity index (χ1v) is 29.3. The van der Waals surface area contributed by atoms with Gasteiger partial charge < -0.3 is 14.7 Å². The van der Waals surface area contributed by atoms with Crippen LogP contribution in [0.1, 0.15) is 195 Å². The zero-order chi connectivity index (χ0) is 61.5. The van der Waals surface area contributed by atoms with Crippen LogP contribution in [0.4, 0.5) is 5.69 Å². The van der Waals surface area contributed by atoms with Crippen molar-refractivity contribution in [1.82, 2.24) is 9.80 Å². The van der Waals surface area contributed by atoms with E-state index in [0.29, 0.717) is 18.9 Å². The summed E-state index contributed by atoms with van der Waals surface area (Å²) in [5.74, 6) is 3.31. The van der Waals surface area contributed by atoms with Crippen LogP contribution in [0.2, 0.25) is 0 Å². The fourth-order valence-electron chi connectivity index (χ4n) is 10.6. The van der Waals surface area contributed by atoms with E-state index in [1.54, 1.807) is 0 Å². The zero-order valence-corrected chi connectivity index (χ0v) is 52.4. The lowest BCUT2D eigenvalue weighted by atomic mass is 9.38. The van der Waals surface area contributed by atoms with E-state index in [1.807, 2.05) is 23.5 Å². The summed E-state index contributed by atoms with van der Waals surface area (Å²) in [7, 11) is 0. The minimum Gasteiger partial charge on any atom is -0.368 e. The van der Waals surface area contributed by atoms with Gasteiger partial charge in [0.05, 0.1) is 17.2 Å². The largest absolute Gasteiger partial charge is 0.368 e. The molecule has 0 radical (unpaired) electrons. The molecule has 0 saturated heterocycles. The SMILES string of the molecule is [2H]C/C([2H])=C([2H])\C([2H])=C(\[2H])CN(C/C=C\C(=C(/C)C(C)(C)CC)C(C)C)C(=C)CC1C2=CN(/C(C=C)=C/C=C/C(C)(C)C)C(/C=C(\C(=C)C(C)CC)C(C)C)=CB2c2sc3c(c2N1/C=C/C=C(\C=C)C(C)(C)C)C(C)(C)CCC3(C)C. The molecule has 3 nitrogen and oxygen atoms in total. The number of nitrogens with zero attached hydrogens (tertiary/aromatic N) is 3. The van der Waals surface area contributed by atoms with Crippen LogP contribution in [0.15, 0.2) is 180 Å². The van der Waals surface area contributed by atoms with Crippen LogP contribution in [0.3, 0.4) is 0 Å². The van der Waals surface area contributed by atoms with Crippen LogP contribution >= 0.6 is 11.3 Å². The molecule has 0 amide bonds. The Bertz CT molecular complexity index is 2860.